The van der Waals surface area contributed by atoms with Crippen LogP contribution in [0.15, 0.2) is 30.7 Å². The Kier molecular flexibility index (Phi) is 4.45. The second kappa shape index (κ2) is 6.87. The summed E-state index contributed by atoms with van der Waals surface area (Å²) in [4.78, 5) is 11.5. The topological polar surface area (TPSA) is 55.6 Å². The highest BCUT2D eigenvalue weighted by Gasteiger charge is 2.41. The van der Waals surface area contributed by atoms with Crippen LogP contribution in [-0.2, 0) is 4.74 Å². The predicted molar refractivity (Wildman–Crippen MR) is 110 cm³/mol. The molecule has 2 aromatic heterocycles. The lowest BCUT2D eigenvalue weighted by Crippen LogP contribution is -2.41. The van der Waals surface area contributed by atoms with Crippen molar-refractivity contribution in [2.24, 2.45) is 5.41 Å². The Morgan fingerprint density at radius 1 is 1.18 bits per heavy atom. The smallest absolute Gasteiger partial charge is 0.199 e. The quantitative estimate of drug-likeness (QED) is 0.614. The third-order valence-corrected chi connectivity index (χ3v) is 6.85. The Labute approximate surface area is 173 Å². The van der Waals surface area contributed by atoms with Gasteiger partial charge in [0.05, 0.1) is 34.6 Å². The molecule has 0 unspecified atom stereocenters. The average Bonchev–Trinajstić information content (AvgIpc) is 3.32. The number of hydrogen-bond donors (Lipinski definition) is 0. The second-order valence-electron chi connectivity index (χ2n) is 7.88. The van der Waals surface area contributed by atoms with Crippen molar-refractivity contribution in [3.63, 3.8) is 0 Å². The van der Waals surface area contributed by atoms with Gasteiger partial charge in [-0.2, -0.15) is 5.10 Å². The summed E-state index contributed by atoms with van der Waals surface area (Å²) in [7, 11) is 0. The molecule has 0 saturated carbocycles. The Morgan fingerprint density at radius 2 is 2.00 bits per heavy atom. The van der Waals surface area contributed by atoms with Gasteiger partial charge in [0.25, 0.3) is 0 Å². The molecule has 0 amide bonds. The van der Waals surface area contributed by atoms with Crippen molar-refractivity contribution in [1.29, 1.82) is 0 Å². The molecule has 0 bridgehead atoms. The maximum atomic E-state index is 6.42. The van der Waals surface area contributed by atoms with Crippen molar-refractivity contribution in [3.05, 3.63) is 40.8 Å². The molecule has 2 saturated heterocycles. The molecule has 3 aromatic rings. The average molecular weight is 418 g/mol. The number of anilines is 1. The summed E-state index contributed by atoms with van der Waals surface area (Å²) >= 11 is 12.6. The first-order valence-electron chi connectivity index (χ1n) is 9.56. The number of aromatic nitrogens is 4. The van der Waals surface area contributed by atoms with Crippen LogP contribution in [0.25, 0.3) is 16.9 Å². The Balaban J connectivity index is 1.48. The molecule has 0 radical (unpaired) electrons. The van der Waals surface area contributed by atoms with Gasteiger partial charge in [-0.1, -0.05) is 35.3 Å². The minimum atomic E-state index is 0.328. The lowest BCUT2D eigenvalue weighted by molar-refractivity contribution is 0.0976. The Hall–Kier alpha value is -1.89. The van der Waals surface area contributed by atoms with Crippen molar-refractivity contribution in [2.45, 2.75) is 32.3 Å². The van der Waals surface area contributed by atoms with Crippen LogP contribution in [0.2, 0.25) is 10.0 Å². The van der Waals surface area contributed by atoms with E-state index in [0.29, 0.717) is 21.6 Å². The van der Waals surface area contributed by atoms with E-state index in [-0.39, 0.29) is 0 Å². The van der Waals surface area contributed by atoms with Crippen LogP contribution < -0.4 is 4.90 Å². The highest BCUT2D eigenvalue weighted by Crippen LogP contribution is 2.43. The number of benzene rings is 1. The van der Waals surface area contributed by atoms with Gasteiger partial charge in [-0.15, -0.1) is 0 Å². The van der Waals surface area contributed by atoms with Crippen molar-refractivity contribution in [1.82, 2.24) is 19.6 Å². The van der Waals surface area contributed by atoms with E-state index in [0.717, 1.165) is 61.7 Å². The third-order valence-electron chi connectivity index (χ3n) is 6.03. The van der Waals surface area contributed by atoms with Crippen LogP contribution in [-0.4, -0.2) is 45.4 Å². The molecular weight excluding hydrogens is 397 g/mol. The van der Waals surface area contributed by atoms with Gasteiger partial charge in [-0.05, 0) is 37.7 Å². The molecule has 6 nitrogen and oxygen atoms in total. The second-order valence-corrected chi connectivity index (χ2v) is 8.66. The number of hydrogen-bond acceptors (Lipinski definition) is 5. The third kappa shape index (κ3) is 2.95. The monoisotopic (exact) mass is 417 g/mol. The van der Waals surface area contributed by atoms with Gasteiger partial charge < -0.3 is 9.64 Å². The van der Waals surface area contributed by atoms with E-state index in [9.17, 15) is 0 Å². The molecule has 1 aromatic carbocycles. The minimum absolute atomic E-state index is 0.328. The molecule has 2 aliphatic heterocycles. The Morgan fingerprint density at radius 3 is 2.75 bits per heavy atom. The standard InChI is InChI=1S/C20H21Cl2N5O/c1-13-9-20(11-28-13)5-7-26(8-6-20)18-19-24-12-25-27(19)16(10-23-18)14-3-2-4-15(21)17(14)22/h2-4,10,12-13H,5-9,11H2,1H3/t13-/m0/s1. The molecule has 1 atom stereocenters. The summed E-state index contributed by atoms with van der Waals surface area (Å²) in [6, 6.07) is 5.55. The van der Waals surface area contributed by atoms with Crippen LogP contribution in [0.1, 0.15) is 26.2 Å². The molecule has 4 heterocycles. The van der Waals surface area contributed by atoms with Gasteiger partial charge in [0.1, 0.15) is 6.33 Å². The molecule has 1 spiro atoms. The van der Waals surface area contributed by atoms with Crippen LogP contribution in [0.4, 0.5) is 5.82 Å². The van der Waals surface area contributed by atoms with E-state index in [2.05, 4.69) is 21.9 Å². The molecule has 2 fully saturated rings. The number of nitrogens with zero attached hydrogens (tertiary/aromatic N) is 5. The fourth-order valence-corrected chi connectivity index (χ4v) is 4.90. The minimum Gasteiger partial charge on any atom is -0.378 e. The number of piperidine rings is 1. The van der Waals surface area contributed by atoms with Crippen molar-refractivity contribution >= 4 is 34.7 Å². The molecule has 2 aliphatic rings. The molecule has 0 N–H and O–H groups in total. The maximum Gasteiger partial charge on any atom is 0.199 e. The van der Waals surface area contributed by atoms with Crippen LogP contribution in [0.3, 0.4) is 0 Å². The first kappa shape index (κ1) is 18.2. The van der Waals surface area contributed by atoms with Gasteiger partial charge in [0.15, 0.2) is 11.5 Å². The van der Waals surface area contributed by atoms with Crippen LogP contribution >= 0.6 is 23.2 Å². The van der Waals surface area contributed by atoms with Gasteiger partial charge in [0, 0.05) is 18.7 Å². The van der Waals surface area contributed by atoms with E-state index >= 15 is 0 Å². The van der Waals surface area contributed by atoms with E-state index in [1.807, 2.05) is 12.1 Å². The molecule has 8 heteroatoms. The zero-order valence-corrected chi connectivity index (χ0v) is 17.1. The summed E-state index contributed by atoms with van der Waals surface area (Å²) in [5.41, 5.74) is 2.63. The molecular formula is C20H21Cl2N5O. The van der Waals surface area contributed by atoms with E-state index in [1.54, 1.807) is 23.1 Å². The number of rotatable bonds is 2. The first-order chi connectivity index (χ1) is 13.6. The van der Waals surface area contributed by atoms with Crippen molar-refractivity contribution in [3.8, 4) is 11.3 Å². The molecule has 146 valence electrons. The Bertz CT molecular complexity index is 1030. The summed E-state index contributed by atoms with van der Waals surface area (Å²) < 4.78 is 7.64. The largest absolute Gasteiger partial charge is 0.378 e. The summed E-state index contributed by atoms with van der Waals surface area (Å²) in [6.07, 6.45) is 7.11. The molecule has 28 heavy (non-hydrogen) atoms. The predicted octanol–water partition coefficient (Wildman–Crippen LogP) is 4.49. The fraction of sp³-hybridized carbons (Fsp3) is 0.450. The maximum absolute atomic E-state index is 6.42. The van der Waals surface area contributed by atoms with Gasteiger partial charge >= 0.3 is 0 Å². The highest BCUT2D eigenvalue weighted by molar-refractivity contribution is 6.43. The normalized spacial score (nSPS) is 21.7. The molecule has 5 rings (SSSR count). The SMILES string of the molecule is C[C@H]1CC2(CCN(c3ncc(-c4cccc(Cl)c4Cl)n4ncnc34)CC2)CO1. The van der Waals surface area contributed by atoms with E-state index in [1.165, 1.54) is 0 Å². The van der Waals surface area contributed by atoms with Crippen molar-refractivity contribution in [2.75, 3.05) is 24.6 Å². The number of halogens is 2. The summed E-state index contributed by atoms with van der Waals surface area (Å²) in [6.45, 7) is 4.94. The highest BCUT2D eigenvalue weighted by atomic mass is 35.5. The lowest BCUT2D eigenvalue weighted by atomic mass is 9.77. The van der Waals surface area contributed by atoms with Gasteiger partial charge in [-0.25, -0.2) is 14.5 Å². The fourth-order valence-electron chi connectivity index (χ4n) is 4.50. The summed E-state index contributed by atoms with van der Waals surface area (Å²) in [5, 5.41) is 5.42. The molecule has 0 aliphatic carbocycles. The van der Waals surface area contributed by atoms with E-state index in [4.69, 9.17) is 32.9 Å². The van der Waals surface area contributed by atoms with Crippen molar-refractivity contribution < 1.29 is 4.74 Å². The zero-order valence-electron chi connectivity index (χ0n) is 15.6. The number of ether oxygens (including phenoxy) is 1. The van der Waals surface area contributed by atoms with Gasteiger partial charge in [0.2, 0.25) is 0 Å². The zero-order chi connectivity index (χ0) is 19.3. The first-order valence-corrected chi connectivity index (χ1v) is 10.3. The van der Waals surface area contributed by atoms with Gasteiger partial charge in [-0.3, -0.25) is 0 Å². The van der Waals surface area contributed by atoms with Crippen LogP contribution in [0.5, 0.6) is 0 Å². The number of fused-ring (bicyclic) bond motifs is 1. The lowest BCUT2D eigenvalue weighted by Gasteiger charge is -2.39. The van der Waals surface area contributed by atoms with E-state index < -0.39 is 0 Å². The summed E-state index contributed by atoms with van der Waals surface area (Å²) in [5.74, 6) is 0.862. The van der Waals surface area contributed by atoms with Crippen LogP contribution in [0, 0.1) is 5.41 Å².